The van der Waals surface area contributed by atoms with Crippen LogP contribution >= 0.6 is 11.8 Å². The van der Waals surface area contributed by atoms with E-state index in [0.717, 1.165) is 31.7 Å². The lowest BCUT2D eigenvalue weighted by Gasteiger charge is -2.26. The Bertz CT molecular complexity index is 1030. The molecule has 0 radical (unpaired) electrons. The average molecular weight is 497 g/mol. The number of amides is 1. The van der Waals surface area contributed by atoms with Gasteiger partial charge in [0.15, 0.2) is 11.5 Å². The molecule has 1 aromatic carbocycles. The molecule has 1 amide bonds. The van der Waals surface area contributed by atoms with Crippen LogP contribution in [0, 0.1) is 0 Å². The molecule has 0 saturated carbocycles. The van der Waals surface area contributed by atoms with E-state index in [2.05, 4.69) is 20.5 Å². The third kappa shape index (κ3) is 8.48. The van der Waals surface area contributed by atoms with Crippen LogP contribution in [0.5, 0.6) is 17.4 Å². The first-order valence-corrected chi connectivity index (χ1v) is 13.2. The summed E-state index contributed by atoms with van der Waals surface area (Å²) in [6.45, 7) is 4.96. The fraction of sp³-hybridized carbons (Fsp3) is 0.429. The van der Waals surface area contributed by atoms with Crippen LogP contribution < -0.4 is 20.1 Å². The van der Waals surface area contributed by atoms with Gasteiger partial charge in [0.25, 0.3) is 16.0 Å². The summed E-state index contributed by atoms with van der Waals surface area (Å²) in [7, 11) is -2.74. The number of hydrogen-bond acceptors (Lipinski definition) is 9. The lowest BCUT2D eigenvalue weighted by molar-refractivity contribution is 0.0958. The van der Waals surface area contributed by atoms with Gasteiger partial charge in [0.2, 0.25) is 5.88 Å². The number of aromatic nitrogens is 1. The Balaban J connectivity index is 1.52. The van der Waals surface area contributed by atoms with E-state index in [4.69, 9.17) is 14.0 Å². The Morgan fingerprint density at radius 1 is 1.21 bits per heavy atom. The van der Waals surface area contributed by atoms with E-state index in [1.165, 1.54) is 29.8 Å². The van der Waals surface area contributed by atoms with Crippen molar-refractivity contribution in [1.29, 1.82) is 0 Å². The summed E-state index contributed by atoms with van der Waals surface area (Å²) in [5, 5.41) is 5.54. The largest absolute Gasteiger partial charge is 0.493 e. The Morgan fingerprint density at radius 3 is 2.67 bits per heavy atom. The summed E-state index contributed by atoms with van der Waals surface area (Å²) in [6.07, 6.45) is 1.25. The maximum atomic E-state index is 11.9. The molecule has 2 heterocycles. The predicted molar refractivity (Wildman–Crippen MR) is 127 cm³/mol. The summed E-state index contributed by atoms with van der Waals surface area (Å²) in [5.41, 5.74) is 1.19. The molecule has 2 aromatic rings. The first-order chi connectivity index (χ1) is 15.8. The molecule has 3 rings (SSSR count). The number of nitrogens with one attached hydrogen (secondary N) is 2. The number of methoxy groups -OCH3 is 1. The maximum absolute atomic E-state index is 11.9. The summed E-state index contributed by atoms with van der Waals surface area (Å²) in [5.74, 6) is 2.13. The van der Waals surface area contributed by atoms with Crippen LogP contribution in [0.1, 0.15) is 15.9 Å². The van der Waals surface area contributed by atoms with E-state index in [0.29, 0.717) is 18.0 Å². The topological polar surface area (TPSA) is 130 Å². The number of carbonyl (C=O) groups is 1. The standard InChI is InChI=1S/C21H28N4O6S2/c1-30-19-12-16(13-22-6-7-25-8-10-32-11-9-25)2-4-18(19)31-20-5-3-17(14-23-20)21(26)24-15-33(27,28)29/h2-5,12,14,22H,6-11,13,15H2,1H3,(H,24,26)(H,27,28,29). The normalized spacial score (nSPS) is 14.6. The van der Waals surface area contributed by atoms with E-state index in [-0.39, 0.29) is 11.4 Å². The van der Waals surface area contributed by atoms with Crippen molar-refractivity contribution in [3.63, 3.8) is 0 Å². The summed E-state index contributed by atoms with van der Waals surface area (Å²) in [4.78, 5) is 18.4. The van der Waals surface area contributed by atoms with Crippen LogP contribution in [0.4, 0.5) is 0 Å². The highest BCUT2D eigenvalue weighted by Gasteiger charge is 2.13. The minimum absolute atomic E-state index is 0.127. The number of thioether (sulfide) groups is 1. The van der Waals surface area contributed by atoms with E-state index in [1.807, 2.05) is 23.9 Å². The minimum Gasteiger partial charge on any atom is -0.493 e. The lowest BCUT2D eigenvalue weighted by Crippen LogP contribution is -2.37. The second-order valence-electron chi connectivity index (χ2n) is 7.34. The van der Waals surface area contributed by atoms with Crippen LogP contribution in [0.15, 0.2) is 36.5 Å². The van der Waals surface area contributed by atoms with Crippen LogP contribution in [0.25, 0.3) is 0 Å². The van der Waals surface area contributed by atoms with E-state index >= 15 is 0 Å². The second-order valence-corrected chi connectivity index (χ2v) is 10.0. The molecule has 0 spiro atoms. The van der Waals surface area contributed by atoms with E-state index < -0.39 is 21.9 Å². The molecule has 0 atom stereocenters. The number of hydrogen-bond donors (Lipinski definition) is 3. The molecule has 180 valence electrons. The molecule has 1 aliphatic rings. The number of ether oxygens (including phenoxy) is 2. The monoisotopic (exact) mass is 496 g/mol. The van der Waals surface area contributed by atoms with Crippen LogP contribution in [0.2, 0.25) is 0 Å². The van der Waals surface area contributed by atoms with Gasteiger partial charge in [-0.15, -0.1) is 0 Å². The molecule has 0 bridgehead atoms. The average Bonchev–Trinajstić information content (AvgIpc) is 2.81. The van der Waals surface area contributed by atoms with Gasteiger partial charge >= 0.3 is 0 Å². The number of carbonyl (C=O) groups excluding carboxylic acids is 1. The second kappa shape index (κ2) is 12.2. The van der Waals surface area contributed by atoms with Crippen molar-refractivity contribution in [2.75, 3.05) is 50.7 Å². The fourth-order valence-corrected chi connectivity index (χ4v) is 4.44. The summed E-state index contributed by atoms with van der Waals surface area (Å²) >= 11 is 2.01. The summed E-state index contributed by atoms with van der Waals surface area (Å²) < 4.78 is 41.4. The van der Waals surface area contributed by atoms with Crippen molar-refractivity contribution in [2.24, 2.45) is 0 Å². The van der Waals surface area contributed by atoms with Crippen molar-refractivity contribution in [1.82, 2.24) is 20.5 Å². The van der Waals surface area contributed by atoms with Gasteiger partial charge in [-0.25, -0.2) is 4.98 Å². The third-order valence-electron chi connectivity index (χ3n) is 4.89. The van der Waals surface area contributed by atoms with E-state index in [9.17, 15) is 13.2 Å². The van der Waals surface area contributed by atoms with Gasteiger partial charge in [-0.05, 0) is 23.8 Å². The van der Waals surface area contributed by atoms with Gasteiger partial charge in [-0.3, -0.25) is 9.35 Å². The molecule has 0 aliphatic carbocycles. The van der Waals surface area contributed by atoms with Gasteiger partial charge in [0, 0.05) is 56.5 Å². The van der Waals surface area contributed by atoms with Crippen LogP contribution in [0.3, 0.4) is 0 Å². The smallest absolute Gasteiger partial charge is 0.283 e. The van der Waals surface area contributed by atoms with Gasteiger partial charge in [-0.2, -0.15) is 20.2 Å². The zero-order chi connectivity index (χ0) is 23.7. The first kappa shape index (κ1) is 25.2. The maximum Gasteiger partial charge on any atom is 0.283 e. The molecular formula is C21H28N4O6S2. The Labute approximate surface area is 197 Å². The molecule has 33 heavy (non-hydrogen) atoms. The van der Waals surface area contributed by atoms with Gasteiger partial charge < -0.3 is 25.0 Å². The van der Waals surface area contributed by atoms with Crippen molar-refractivity contribution in [3.05, 3.63) is 47.7 Å². The third-order valence-corrected chi connectivity index (χ3v) is 6.35. The van der Waals surface area contributed by atoms with Gasteiger partial charge in [-0.1, -0.05) is 6.07 Å². The minimum atomic E-state index is -4.30. The zero-order valence-electron chi connectivity index (χ0n) is 18.3. The number of benzene rings is 1. The van der Waals surface area contributed by atoms with Crippen molar-refractivity contribution >= 4 is 27.8 Å². The molecule has 0 unspecified atom stereocenters. The lowest BCUT2D eigenvalue weighted by atomic mass is 10.2. The number of nitrogens with zero attached hydrogens (tertiary/aromatic N) is 2. The molecular weight excluding hydrogens is 468 g/mol. The number of rotatable bonds is 11. The SMILES string of the molecule is COc1cc(CNCCN2CCSCC2)ccc1Oc1ccc(C(=O)NCS(=O)(=O)O)cn1. The van der Waals surface area contributed by atoms with Crippen molar-refractivity contribution in [2.45, 2.75) is 6.54 Å². The van der Waals surface area contributed by atoms with Crippen LogP contribution in [-0.2, 0) is 16.7 Å². The van der Waals surface area contributed by atoms with Crippen molar-refractivity contribution < 1.29 is 27.2 Å². The highest BCUT2D eigenvalue weighted by atomic mass is 32.2. The highest BCUT2D eigenvalue weighted by molar-refractivity contribution is 7.99. The van der Waals surface area contributed by atoms with Gasteiger partial charge in [0.05, 0.1) is 12.7 Å². The number of pyridine rings is 1. The van der Waals surface area contributed by atoms with Crippen LogP contribution in [-0.4, -0.2) is 79.4 Å². The molecule has 1 fully saturated rings. The van der Waals surface area contributed by atoms with Gasteiger partial charge in [0.1, 0.15) is 5.88 Å². The Kier molecular flexibility index (Phi) is 9.32. The molecule has 1 saturated heterocycles. The zero-order valence-corrected chi connectivity index (χ0v) is 20.0. The Morgan fingerprint density at radius 2 is 2.00 bits per heavy atom. The first-order valence-electron chi connectivity index (χ1n) is 10.4. The van der Waals surface area contributed by atoms with Crippen molar-refractivity contribution in [3.8, 4) is 17.4 Å². The molecule has 12 heteroatoms. The molecule has 1 aliphatic heterocycles. The quantitative estimate of drug-likeness (QED) is 0.311. The fourth-order valence-electron chi connectivity index (χ4n) is 3.15. The predicted octanol–water partition coefficient (Wildman–Crippen LogP) is 1.60. The molecule has 1 aromatic heterocycles. The van der Waals surface area contributed by atoms with E-state index in [1.54, 1.807) is 13.2 Å². The molecule has 10 nitrogen and oxygen atoms in total. The highest BCUT2D eigenvalue weighted by Crippen LogP contribution is 2.31. The summed E-state index contributed by atoms with van der Waals surface area (Å²) in [6, 6.07) is 8.56. The Hall–Kier alpha value is -2.38. The molecule has 3 N–H and O–H groups in total.